The number of carboxylic acid groups (broad SMARTS) is 1. The zero-order chi connectivity index (χ0) is 15.4. The Morgan fingerprint density at radius 3 is 2.48 bits per heavy atom. The fraction of sp³-hybridized carbons (Fsp3) is 0.133. The normalized spacial score (nSPS) is 10.8. The predicted octanol–water partition coefficient (Wildman–Crippen LogP) is 3.01. The van der Waals surface area contributed by atoms with Gasteiger partial charge in [0.25, 0.3) is 0 Å². The number of carbonyl (C=O) groups is 2. The summed E-state index contributed by atoms with van der Waals surface area (Å²) in [6, 6.07) is 7.96. The van der Waals surface area contributed by atoms with Crippen LogP contribution in [0.4, 0.5) is 5.13 Å². The molecule has 108 valence electrons. The number of nitrogens with one attached hydrogen (secondary N) is 1. The fourth-order valence-corrected chi connectivity index (χ4v) is 2.56. The van der Waals surface area contributed by atoms with Crippen LogP contribution in [0.15, 0.2) is 36.4 Å². The first-order chi connectivity index (χ1) is 9.95. The molecular weight excluding hydrogens is 288 g/mol. The molecule has 1 amide bonds. The number of hydrogen-bond donors (Lipinski definition) is 2. The number of amides is 1. The molecule has 0 aliphatic carbocycles. The first kappa shape index (κ1) is 14.9. The van der Waals surface area contributed by atoms with E-state index in [9.17, 15) is 9.59 Å². The number of anilines is 1. The van der Waals surface area contributed by atoms with Gasteiger partial charge in [0.2, 0.25) is 5.91 Å². The van der Waals surface area contributed by atoms with Crippen molar-refractivity contribution in [1.29, 1.82) is 0 Å². The van der Waals surface area contributed by atoms with Gasteiger partial charge in [-0.15, -0.1) is 11.3 Å². The monoisotopic (exact) mass is 302 g/mol. The standard InChI is InChI=1S/C15H14N2O3S/c1-9-3-5-11(6-4-9)14-10(2)21-15(17-14)16-12(18)7-8-13(19)20/h3-8H,1-2H3,(H,19,20)(H,16,17,18)/b8-7+. The van der Waals surface area contributed by atoms with Crippen LogP contribution in [-0.4, -0.2) is 22.0 Å². The second-order valence-corrected chi connectivity index (χ2v) is 5.65. The molecular formula is C15H14N2O3S. The number of nitrogens with zero attached hydrogens (tertiary/aromatic N) is 1. The van der Waals surface area contributed by atoms with E-state index in [1.165, 1.54) is 16.9 Å². The summed E-state index contributed by atoms with van der Waals surface area (Å²) in [6.45, 7) is 3.94. The Kier molecular flexibility index (Phi) is 4.49. The largest absolute Gasteiger partial charge is 0.478 e. The van der Waals surface area contributed by atoms with Crippen molar-refractivity contribution < 1.29 is 14.7 Å². The maximum absolute atomic E-state index is 11.5. The van der Waals surface area contributed by atoms with Gasteiger partial charge < -0.3 is 5.11 Å². The van der Waals surface area contributed by atoms with Crippen molar-refractivity contribution in [3.63, 3.8) is 0 Å². The van der Waals surface area contributed by atoms with Crippen LogP contribution >= 0.6 is 11.3 Å². The lowest BCUT2D eigenvalue weighted by Crippen LogP contribution is -2.08. The molecule has 0 unspecified atom stereocenters. The van der Waals surface area contributed by atoms with Gasteiger partial charge in [-0.05, 0) is 13.8 Å². The average Bonchev–Trinajstić information content (AvgIpc) is 2.78. The second kappa shape index (κ2) is 6.32. The van der Waals surface area contributed by atoms with E-state index in [0.29, 0.717) is 5.13 Å². The van der Waals surface area contributed by atoms with Crippen molar-refractivity contribution in [2.24, 2.45) is 0 Å². The molecule has 0 spiro atoms. The van der Waals surface area contributed by atoms with Crippen LogP contribution in [0.25, 0.3) is 11.3 Å². The molecule has 0 bridgehead atoms. The Hall–Kier alpha value is -2.47. The Balaban J connectivity index is 2.17. The molecule has 2 rings (SSSR count). The Morgan fingerprint density at radius 1 is 1.19 bits per heavy atom. The molecule has 2 N–H and O–H groups in total. The summed E-state index contributed by atoms with van der Waals surface area (Å²) in [5, 5.41) is 11.5. The number of thiazole rings is 1. The number of benzene rings is 1. The van der Waals surface area contributed by atoms with Crippen LogP contribution in [0.5, 0.6) is 0 Å². The molecule has 5 nitrogen and oxygen atoms in total. The highest BCUT2D eigenvalue weighted by Gasteiger charge is 2.11. The van der Waals surface area contributed by atoms with E-state index in [4.69, 9.17) is 5.11 Å². The van der Waals surface area contributed by atoms with E-state index in [-0.39, 0.29) is 0 Å². The van der Waals surface area contributed by atoms with Gasteiger partial charge in [-0.3, -0.25) is 10.1 Å². The van der Waals surface area contributed by atoms with Crippen LogP contribution in [-0.2, 0) is 9.59 Å². The van der Waals surface area contributed by atoms with Crippen LogP contribution in [0.1, 0.15) is 10.4 Å². The lowest BCUT2D eigenvalue weighted by atomic mass is 10.1. The van der Waals surface area contributed by atoms with Gasteiger partial charge in [0.1, 0.15) is 0 Å². The zero-order valence-corrected chi connectivity index (χ0v) is 12.4. The van der Waals surface area contributed by atoms with E-state index < -0.39 is 11.9 Å². The molecule has 2 aromatic rings. The fourth-order valence-electron chi connectivity index (χ4n) is 1.72. The van der Waals surface area contributed by atoms with Gasteiger partial charge in [0.05, 0.1) is 5.69 Å². The predicted molar refractivity (Wildman–Crippen MR) is 82.4 cm³/mol. The third kappa shape index (κ3) is 4.00. The molecule has 0 saturated heterocycles. The number of hydrogen-bond acceptors (Lipinski definition) is 4. The van der Waals surface area contributed by atoms with Crippen LogP contribution < -0.4 is 5.32 Å². The highest BCUT2D eigenvalue weighted by Crippen LogP contribution is 2.30. The molecule has 0 atom stereocenters. The summed E-state index contributed by atoms with van der Waals surface area (Å²) >= 11 is 1.35. The van der Waals surface area contributed by atoms with Gasteiger partial charge in [0.15, 0.2) is 5.13 Å². The molecule has 0 fully saturated rings. The highest BCUT2D eigenvalue weighted by atomic mass is 32.1. The van der Waals surface area contributed by atoms with Gasteiger partial charge in [0, 0.05) is 22.6 Å². The first-order valence-corrected chi connectivity index (χ1v) is 7.04. The van der Waals surface area contributed by atoms with E-state index >= 15 is 0 Å². The molecule has 0 aliphatic rings. The number of aryl methyl sites for hydroxylation is 2. The molecule has 1 heterocycles. The molecule has 6 heteroatoms. The van der Waals surface area contributed by atoms with E-state index in [1.54, 1.807) is 0 Å². The SMILES string of the molecule is Cc1ccc(-c2nc(NC(=O)/C=C/C(=O)O)sc2C)cc1. The topological polar surface area (TPSA) is 79.3 Å². The minimum Gasteiger partial charge on any atom is -0.478 e. The van der Waals surface area contributed by atoms with Crippen molar-refractivity contribution in [2.45, 2.75) is 13.8 Å². The van der Waals surface area contributed by atoms with Gasteiger partial charge >= 0.3 is 5.97 Å². The molecule has 0 aliphatic heterocycles. The number of aliphatic carboxylic acids is 1. The Labute approximate surface area is 126 Å². The highest BCUT2D eigenvalue weighted by molar-refractivity contribution is 7.16. The maximum atomic E-state index is 11.5. The second-order valence-electron chi connectivity index (χ2n) is 4.45. The van der Waals surface area contributed by atoms with E-state index in [0.717, 1.165) is 28.3 Å². The summed E-state index contributed by atoms with van der Waals surface area (Å²) in [5.41, 5.74) is 2.97. The minimum absolute atomic E-state index is 0.447. The molecule has 0 saturated carbocycles. The zero-order valence-electron chi connectivity index (χ0n) is 11.6. The van der Waals surface area contributed by atoms with Crippen molar-refractivity contribution >= 4 is 28.3 Å². The van der Waals surface area contributed by atoms with E-state index in [2.05, 4.69) is 10.3 Å². The van der Waals surface area contributed by atoms with Gasteiger partial charge in [-0.1, -0.05) is 29.8 Å². The van der Waals surface area contributed by atoms with Gasteiger partial charge in [-0.2, -0.15) is 0 Å². The Morgan fingerprint density at radius 2 is 1.86 bits per heavy atom. The third-order valence-corrected chi connectivity index (χ3v) is 3.62. The molecule has 21 heavy (non-hydrogen) atoms. The summed E-state index contributed by atoms with van der Waals surface area (Å²) in [7, 11) is 0. The maximum Gasteiger partial charge on any atom is 0.328 e. The molecule has 1 aromatic heterocycles. The van der Waals surface area contributed by atoms with Crippen molar-refractivity contribution in [3.05, 3.63) is 46.9 Å². The quantitative estimate of drug-likeness (QED) is 0.851. The molecule has 1 aromatic carbocycles. The van der Waals surface area contributed by atoms with Crippen molar-refractivity contribution in [3.8, 4) is 11.3 Å². The minimum atomic E-state index is -1.17. The average molecular weight is 302 g/mol. The Bertz CT molecular complexity index is 702. The lowest BCUT2D eigenvalue weighted by Gasteiger charge is -1.99. The summed E-state index contributed by atoms with van der Waals surface area (Å²) in [4.78, 5) is 27.2. The number of rotatable bonds is 4. The first-order valence-electron chi connectivity index (χ1n) is 6.22. The van der Waals surface area contributed by atoms with Crippen LogP contribution in [0.2, 0.25) is 0 Å². The number of aromatic nitrogens is 1. The van der Waals surface area contributed by atoms with Crippen molar-refractivity contribution in [1.82, 2.24) is 4.98 Å². The smallest absolute Gasteiger partial charge is 0.328 e. The number of carboxylic acids is 1. The van der Waals surface area contributed by atoms with E-state index in [1.807, 2.05) is 38.1 Å². The number of carbonyl (C=O) groups excluding carboxylic acids is 1. The van der Waals surface area contributed by atoms with Gasteiger partial charge in [-0.25, -0.2) is 9.78 Å². The summed E-state index contributed by atoms with van der Waals surface area (Å²) < 4.78 is 0. The summed E-state index contributed by atoms with van der Waals surface area (Å²) in [5.74, 6) is -1.68. The van der Waals surface area contributed by atoms with Crippen LogP contribution in [0, 0.1) is 13.8 Å². The van der Waals surface area contributed by atoms with Crippen molar-refractivity contribution in [2.75, 3.05) is 5.32 Å². The lowest BCUT2D eigenvalue weighted by molar-refractivity contribution is -0.131. The van der Waals surface area contributed by atoms with Crippen LogP contribution in [0.3, 0.4) is 0 Å². The third-order valence-electron chi connectivity index (χ3n) is 2.73. The molecule has 0 radical (unpaired) electrons. The summed E-state index contributed by atoms with van der Waals surface area (Å²) in [6.07, 6.45) is 1.75.